The number of methoxy groups -OCH3 is 1. The Balaban J connectivity index is 2.52. The van der Waals surface area contributed by atoms with Gasteiger partial charge in [-0.25, -0.2) is 4.39 Å². The Labute approximate surface area is 103 Å². The summed E-state index contributed by atoms with van der Waals surface area (Å²) in [7, 11) is 5.61. The second-order valence-electron chi connectivity index (χ2n) is 4.11. The minimum Gasteiger partial charge on any atom is -0.496 e. The summed E-state index contributed by atoms with van der Waals surface area (Å²) in [5.74, 6) is 0.548. The van der Waals surface area contributed by atoms with Crippen LogP contribution in [-0.2, 0) is 6.42 Å². The summed E-state index contributed by atoms with van der Waals surface area (Å²) < 4.78 is 18.3. The molecule has 0 bridgehead atoms. The molecule has 0 aliphatic carbocycles. The smallest absolute Gasteiger partial charge is 0.123 e. The molecule has 0 atom stereocenters. The Kier molecular flexibility index (Phi) is 5.94. The molecule has 1 rings (SSSR count). The van der Waals surface area contributed by atoms with Gasteiger partial charge in [-0.15, -0.1) is 0 Å². The highest BCUT2D eigenvalue weighted by Gasteiger charge is 2.06. The molecule has 0 saturated carbocycles. The van der Waals surface area contributed by atoms with Crippen molar-refractivity contribution in [1.29, 1.82) is 0 Å². The van der Waals surface area contributed by atoms with Crippen molar-refractivity contribution in [2.75, 3.05) is 40.8 Å². The average Bonchev–Trinajstić information content (AvgIpc) is 2.34. The van der Waals surface area contributed by atoms with Gasteiger partial charge in [0.05, 0.1) is 7.11 Å². The molecule has 0 amide bonds. The topological polar surface area (TPSA) is 24.5 Å². The predicted octanol–water partition coefficient (Wildman–Crippen LogP) is 1.53. The quantitative estimate of drug-likeness (QED) is 0.782. The zero-order chi connectivity index (χ0) is 12.7. The third-order valence-corrected chi connectivity index (χ3v) is 2.75. The third-order valence-electron chi connectivity index (χ3n) is 2.75. The molecular formula is C13H21FN2O. The van der Waals surface area contributed by atoms with Crippen LogP contribution in [0, 0.1) is 5.82 Å². The fourth-order valence-electron chi connectivity index (χ4n) is 1.67. The molecule has 4 heteroatoms. The van der Waals surface area contributed by atoms with E-state index in [4.69, 9.17) is 4.74 Å². The molecule has 0 unspecified atom stereocenters. The van der Waals surface area contributed by atoms with Gasteiger partial charge in [-0.2, -0.15) is 0 Å². The van der Waals surface area contributed by atoms with E-state index in [1.807, 2.05) is 7.05 Å². The van der Waals surface area contributed by atoms with Crippen molar-refractivity contribution < 1.29 is 9.13 Å². The van der Waals surface area contributed by atoms with Crippen LogP contribution in [0.1, 0.15) is 5.56 Å². The second kappa shape index (κ2) is 7.25. The second-order valence-corrected chi connectivity index (χ2v) is 4.11. The van der Waals surface area contributed by atoms with Gasteiger partial charge in [0.15, 0.2) is 0 Å². The number of rotatable bonds is 7. The Morgan fingerprint density at radius 3 is 2.76 bits per heavy atom. The van der Waals surface area contributed by atoms with Crippen LogP contribution in [0.5, 0.6) is 5.75 Å². The zero-order valence-corrected chi connectivity index (χ0v) is 10.8. The summed E-state index contributed by atoms with van der Waals surface area (Å²) in [4.78, 5) is 2.21. The summed E-state index contributed by atoms with van der Waals surface area (Å²) in [6, 6.07) is 4.65. The van der Waals surface area contributed by atoms with Gasteiger partial charge >= 0.3 is 0 Å². The number of likely N-dealkylation sites (N-methyl/N-ethyl adjacent to an activating group) is 2. The highest BCUT2D eigenvalue weighted by atomic mass is 19.1. The van der Waals surface area contributed by atoms with E-state index in [0.29, 0.717) is 0 Å². The number of nitrogens with one attached hydrogen (secondary N) is 1. The van der Waals surface area contributed by atoms with Gasteiger partial charge in [0.2, 0.25) is 0 Å². The number of hydrogen-bond donors (Lipinski definition) is 1. The maximum atomic E-state index is 13.1. The number of hydrogen-bond acceptors (Lipinski definition) is 3. The molecule has 17 heavy (non-hydrogen) atoms. The van der Waals surface area contributed by atoms with Gasteiger partial charge in [-0.1, -0.05) is 0 Å². The molecule has 1 aromatic carbocycles. The van der Waals surface area contributed by atoms with E-state index in [-0.39, 0.29) is 5.82 Å². The van der Waals surface area contributed by atoms with Crippen molar-refractivity contribution in [3.05, 3.63) is 29.6 Å². The van der Waals surface area contributed by atoms with E-state index in [1.54, 1.807) is 19.2 Å². The van der Waals surface area contributed by atoms with Crippen LogP contribution in [0.3, 0.4) is 0 Å². The maximum Gasteiger partial charge on any atom is 0.123 e. The van der Waals surface area contributed by atoms with E-state index in [1.165, 1.54) is 6.07 Å². The first-order valence-electron chi connectivity index (χ1n) is 5.83. The molecular weight excluding hydrogens is 219 g/mol. The van der Waals surface area contributed by atoms with Crippen LogP contribution in [0.4, 0.5) is 4.39 Å². The van der Waals surface area contributed by atoms with Crippen molar-refractivity contribution in [2.45, 2.75) is 6.42 Å². The summed E-state index contributed by atoms with van der Waals surface area (Å²) in [6.45, 7) is 2.83. The molecule has 3 nitrogen and oxygen atoms in total. The number of halogens is 1. The molecule has 0 saturated heterocycles. The van der Waals surface area contributed by atoms with E-state index < -0.39 is 0 Å². The van der Waals surface area contributed by atoms with Gasteiger partial charge in [-0.3, -0.25) is 0 Å². The predicted molar refractivity (Wildman–Crippen MR) is 68.1 cm³/mol. The maximum absolute atomic E-state index is 13.1. The summed E-state index contributed by atoms with van der Waals surface area (Å²) in [5.41, 5.74) is 0.920. The van der Waals surface area contributed by atoms with E-state index in [2.05, 4.69) is 17.3 Å². The molecule has 0 spiro atoms. The summed E-state index contributed by atoms with van der Waals surface area (Å²) >= 11 is 0. The lowest BCUT2D eigenvalue weighted by molar-refractivity contribution is 0.335. The number of ether oxygens (including phenoxy) is 1. The third kappa shape index (κ3) is 4.71. The van der Waals surface area contributed by atoms with Gasteiger partial charge in [0.1, 0.15) is 11.6 Å². The Morgan fingerprint density at radius 2 is 2.12 bits per heavy atom. The molecule has 1 aromatic rings. The molecule has 96 valence electrons. The highest BCUT2D eigenvalue weighted by molar-refractivity contribution is 5.34. The Morgan fingerprint density at radius 1 is 1.35 bits per heavy atom. The molecule has 0 heterocycles. The Bertz CT molecular complexity index is 344. The number of nitrogens with zero attached hydrogens (tertiary/aromatic N) is 1. The van der Waals surface area contributed by atoms with Crippen LogP contribution >= 0.6 is 0 Å². The van der Waals surface area contributed by atoms with Crippen LogP contribution in [0.15, 0.2) is 18.2 Å². The zero-order valence-electron chi connectivity index (χ0n) is 10.8. The standard InChI is InChI=1S/C13H21FN2O/c1-15-7-9-16(2)8-6-11-10-12(14)4-5-13(11)17-3/h4-5,10,15H,6-9H2,1-3H3. The first kappa shape index (κ1) is 13.9. The van der Waals surface area contributed by atoms with Gasteiger partial charge < -0.3 is 15.0 Å². The fourth-order valence-corrected chi connectivity index (χ4v) is 1.67. The first-order valence-corrected chi connectivity index (χ1v) is 5.83. The minimum atomic E-state index is -0.210. The lowest BCUT2D eigenvalue weighted by Gasteiger charge is -2.17. The Hall–Kier alpha value is -1.13. The minimum absolute atomic E-state index is 0.210. The van der Waals surface area contributed by atoms with Crippen molar-refractivity contribution in [2.24, 2.45) is 0 Å². The highest BCUT2D eigenvalue weighted by Crippen LogP contribution is 2.19. The molecule has 0 aliphatic heterocycles. The lowest BCUT2D eigenvalue weighted by Crippen LogP contribution is -2.29. The number of benzene rings is 1. The SMILES string of the molecule is CNCCN(C)CCc1cc(F)ccc1OC. The molecule has 1 N–H and O–H groups in total. The summed E-state index contributed by atoms with van der Waals surface area (Å²) in [5, 5.41) is 3.10. The van der Waals surface area contributed by atoms with Crippen LogP contribution in [0.25, 0.3) is 0 Å². The molecule has 0 aromatic heterocycles. The fraction of sp³-hybridized carbons (Fsp3) is 0.538. The van der Waals surface area contributed by atoms with Crippen molar-refractivity contribution in [3.8, 4) is 5.75 Å². The normalized spacial score (nSPS) is 10.9. The van der Waals surface area contributed by atoms with Crippen LogP contribution in [-0.4, -0.2) is 45.7 Å². The van der Waals surface area contributed by atoms with Crippen molar-refractivity contribution >= 4 is 0 Å². The van der Waals surface area contributed by atoms with Crippen LogP contribution in [0.2, 0.25) is 0 Å². The van der Waals surface area contributed by atoms with Gasteiger partial charge in [-0.05, 0) is 44.3 Å². The van der Waals surface area contributed by atoms with Crippen molar-refractivity contribution in [3.63, 3.8) is 0 Å². The largest absolute Gasteiger partial charge is 0.496 e. The van der Waals surface area contributed by atoms with Gasteiger partial charge in [0, 0.05) is 19.6 Å². The molecule has 0 radical (unpaired) electrons. The van der Waals surface area contributed by atoms with Gasteiger partial charge in [0.25, 0.3) is 0 Å². The van der Waals surface area contributed by atoms with Crippen molar-refractivity contribution in [1.82, 2.24) is 10.2 Å². The van der Waals surface area contributed by atoms with E-state index >= 15 is 0 Å². The average molecular weight is 240 g/mol. The summed E-state index contributed by atoms with van der Waals surface area (Å²) in [6.07, 6.45) is 0.793. The van der Waals surface area contributed by atoms with E-state index in [9.17, 15) is 4.39 Å². The molecule has 0 aliphatic rings. The van der Waals surface area contributed by atoms with E-state index in [0.717, 1.165) is 37.4 Å². The first-order chi connectivity index (χ1) is 8.17. The van der Waals surface area contributed by atoms with Crippen LogP contribution < -0.4 is 10.1 Å². The molecule has 0 fully saturated rings. The lowest BCUT2D eigenvalue weighted by atomic mass is 10.1. The monoisotopic (exact) mass is 240 g/mol.